The number of esters is 1. The maximum Gasteiger partial charge on any atom is 0.312 e. The normalized spacial score (nSPS) is 31.4. The number of imidazole rings is 1. The van der Waals surface area contributed by atoms with Gasteiger partial charge < -0.3 is 24.2 Å². The lowest BCUT2D eigenvalue weighted by molar-refractivity contribution is -0.176. The highest BCUT2D eigenvalue weighted by atomic mass is 28.4. The van der Waals surface area contributed by atoms with Gasteiger partial charge in [-0.05, 0) is 62.6 Å². The second-order valence-electron chi connectivity index (χ2n) is 12.8. The predicted octanol–water partition coefficient (Wildman–Crippen LogP) is 4.39. The third-order valence-corrected chi connectivity index (χ3v) is 14.0. The van der Waals surface area contributed by atoms with Crippen molar-refractivity contribution in [3.05, 3.63) is 12.4 Å². The number of halogens is 1. The van der Waals surface area contributed by atoms with Gasteiger partial charge >= 0.3 is 12.0 Å². The number of anilines is 1. The largest absolute Gasteiger partial charge is 0.455 e. The number of terminal acetylenes is 1. The molecule has 3 heterocycles. The minimum absolute atomic E-state index is 0.0564. The fourth-order valence-electron chi connectivity index (χ4n) is 5.86. The molecule has 2 aromatic heterocycles. The number of rotatable bonds is 6. The molecule has 0 amide bonds. The van der Waals surface area contributed by atoms with Crippen molar-refractivity contribution in [1.29, 1.82) is 0 Å². The van der Waals surface area contributed by atoms with E-state index >= 15 is 0 Å². The number of nitrogens with zero attached hydrogens (tertiary/aromatic N) is 4. The summed E-state index contributed by atoms with van der Waals surface area (Å²) in [5.74, 6) is 3.19. The Bertz CT molecular complexity index is 1260. The molecular formula is C27H38FN5O4Si. The molecule has 1 unspecified atom stereocenters. The Labute approximate surface area is 224 Å². The first-order valence-electron chi connectivity index (χ1n) is 13.4. The Morgan fingerprint density at radius 1 is 1.29 bits per heavy atom. The van der Waals surface area contributed by atoms with Gasteiger partial charge in [0.25, 0.3) is 0 Å². The minimum Gasteiger partial charge on any atom is -0.455 e. The van der Waals surface area contributed by atoms with Crippen molar-refractivity contribution in [1.82, 2.24) is 19.5 Å². The second kappa shape index (κ2) is 9.28. The van der Waals surface area contributed by atoms with E-state index in [0.29, 0.717) is 5.92 Å². The van der Waals surface area contributed by atoms with Crippen LogP contribution in [0.15, 0.2) is 6.33 Å². The van der Waals surface area contributed by atoms with Crippen LogP contribution in [0.2, 0.25) is 18.1 Å². The molecular weight excluding hydrogens is 505 g/mol. The average Bonchev–Trinajstić information content (AvgIpc) is 3.45. The Balaban J connectivity index is 1.52. The van der Waals surface area contributed by atoms with Crippen molar-refractivity contribution in [2.45, 2.75) is 95.2 Å². The third-order valence-electron chi connectivity index (χ3n) is 9.56. The first kappa shape index (κ1) is 27.0. The summed E-state index contributed by atoms with van der Waals surface area (Å²) in [6, 6.07) is -0.604. The maximum absolute atomic E-state index is 14.2. The van der Waals surface area contributed by atoms with Gasteiger partial charge in [0.05, 0.1) is 25.0 Å². The molecule has 3 saturated carbocycles. The summed E-state index contributed by atoms with van der Waals surface area (Å²) in [5.41, 5.74) is 4.53. The van der Waals surface area contributed by atoms with Crippen LogP contribution in [-0.4, -0.2) is 58.7 Å². The number of nitrogen functional groups attached to an aromatic ring is 1. The number of nitrogens with two attached hydrogens (primary N) is 1. The molecule has 2 aromatic rings. The molecule has 6 rings (SSSR count). The lowest BCUT2D eigenvalue weighted by atomic mass is 9.61. The molecule has 1 saturated heterocycles. The molecule has 0 spiro atoms. The van der Waals surface area contributed by atoms with Crippen LogP contribution in [0.5, 0.6) is 0 Å². The van der Waals surface area contributed by atoms with Crippen LogP contribution in [0.4, 0.5) is 10.2 Å². The van der Waals surface area contributed by atoms with Crippen LogP contribution < -0.4 is 5.73 Å². The summed E-state index contributed by atoms with van der Waals surface area (Å²) in [4.78, 5) is 25.7. The van der Waals surface area contributed by atoms with E-state index in [1.165, 1.54) is 6.33 Å². The number of carbonyl (C=O) groups is 1. The highest BCUT2D eigenvalue weighted by Gasteiger charge is 2.57. The van der Waals surface area contributed by atoms with Gasteiger partial charge in [-0.15, -0.1) is 6.42 Å². The highest BCUT2D eigenvalue weighted by molar-refractivity contribution is 6.74. The van der Waals surface area contributed by atoms with Gasteiger partial charge in [0, 0.05) is 0 Å². The number of fused-ring (bicyclic) bond motifs is 4. The van der Waals surface area contributed by atoms with Gasteiger partial charge in [0.2, 0.25) is 0 Å². The van der Waals surface area contributed by atoms with E-state index in [0.717, 1.165) is 38.5 Å². The van der Waals surface area contributed by atoms with Gasteiger partial charge in [-0.2, -0.15) is 14.4 Å². The summed E-state index contributed by atoms with van der Waals surface area (Å²) in [6.07, 6.45) is 11.4. The zero-order valence-corrected chi connectivity index (χ0v) is 23.9. The van der Waals surface area contributed by atoms with E-state index in [9.17, 15) is 9.18 Å². The topological polar surface area (TPSA) is 114 Å². The molecule has 9 nitrogen and oxygen atoms in total. The molecule has 3 aliphatic carbocycles. The first-order chi connectivity index (χ1) is 17.8. The van der Waals surface area contributed by atoms with Gasteiger partial charge in [0.15, 0.2) is 31.5 Å². The Morgan fingerprint density at radius 2 is 1.95 bits per heavy atom. The fourth-order valence-corrected chi connectivity index (χ4v) is 6.87. The number of hydrogen-bond acceptors (Lipinski definition) is 8. The fraction of sp³-hybridized carbons (Fsp3) is 0.704. The summed E-state index contributed by atoms with van der Waals surface area (Å²) in [5, 5.41) is -0.0564. The zero-order valence-electron chi connectivity index (χ0n) is 22.9. The van der Waals surface area contributed by atoms with Crippen molar-refractivity contribution >= 4 is 31.3 Å². The van der Waals surface area contributed by atoms with Crippen molar-refractivity contribution in [3.8, 4) is 12.3 Å². The molecule has 11 heteroatoms. The van der Waals surface area contributed by atoms with Crippen LogP contribution in [0.3, 0.4) is 0 Å². The van der Waals surface area contributed by atoms with Crippen LogP contribution in [-0.2, 0) is 18.7 Å². The van der Waals surface area contributed by atoms with E-state index in [-0.39, 0.29) is 41.2 Å². The molecule has 38 heavy (non-hydrogen) atoms. The van der Waals surface area contributed by atoms with Gasteiger partial charge in [-0.1, -0.05) is 26.7 Å². The first-order valence-corrected chi connectivity index (χ1v) is 16.3. The summed E-state index contributed by atoms with van der Waals surface area (Å²) >= 11 is 0. The number of ether oxygens (including phenoxy) is 2. The molecule has 4 aliphatic rings. The monoisotopic (exact) mass is 543 g/mol. The standard InChI is InChI=1S/C27H38FN5O4Si/c1-7-27(15-36-38(5,6)25(2,3)4)20(37-23(34)26-11-8-17(9-12-26)10-13-26)18(14-35-27)33-16-30-19-21(29)31-24(28)32-22(19)33/h1,16-18,20H,8-15H2,2-6H3,(H2,29,31,32)/t17?,18?,20-,26?,27+/m0/s1. The Morgan fingerprint density at radius 3 is 2.55 bits per heavy atom. The average molecular weight is 544 g/mol. The summed E-state index contributed by atoms with van der Waals surface area (Å²) in [7, 11) is -2.22. The van der Waals surface area contributed by atoms with Crippen molar-refractivity contribution in [2.24, 2.45) is 11.3 Å². The highest BCUT2D eigenvalue weighted by Crippen LogP contribution is 2.52. The van der Waals surface area contributed by atoms with Gasteiger partial charge in [0.1, 0.15) is 11.6 Å². The molecule has 0 radical (unpaired) electrons. The number of aromatic nitrogens is 4. The van der Waals surface area contributed by atoms with Gasteiger partial charge in [-0.3, -0.25) is 4.79 Å². The van der Waals surface area contributed by atoms with Crippen LogP contribution in [0.1, 0.15) is 65.3 Å². The molecule has 1 aliphatic heterocycles. The van der Waals surface area contributed by atoms with Crippen LogP contribution in [0, 0.1) is 29.8 Å². The number of carbonyl (C=O) groups excluding carboxylic acids is 1. The second-order valence-corrected chi connectivity index (χ2v) is 17.6. The SMILES string of the molecule is C#C[C@]1(CO[Si](C)(C)C(C)(C)C)OCC(n2cnc3c(N)nc(F)nc32)[C@@H]1OC(=O)C12CCC(CC1)CC2. The zero-order chi connectivity index (χ0) is 27.5. The molecule has 2 N–H and O–H groups in total. The molecule has 4 fully saturated rings. The van der Waals surface area contributed by atoms with Crippen molar-refractivity contribution in [3.63, 3.8) is 0 Å². The van der Waals surface area contributed by atoms with E-state index in [1.54, 1.807) is 4.57 Å². The Kier molecular flexibility index (Phi) is 6.60. The van der Waals surface area contributed by atoms with E-state index in [1.807, 2.05) is 0 Å². The van der Waals surface area contributed by atoms with Crippen molar-refractivity contribution < 1.29 is 23.1 Å². The van der Waals surface area contributed by atoms with Crippen molar-refractivity contribution in [2.75, 3.05) is 18.9 Å². The predicted molar refractivity (Wildman–Crippen MR) is 143 cm³/mol. The van der Waals surface area contributed by atoms with E-state index < -0.39 is 37.6 Å². The smallest absolute Gasteiger partial charge is 0.312 e. The lowest BCUT2D eigenvalue weighted by Crippen LogP contribution is -2.53. The van der Waals surface area contributed by atoms with E-state index in [4.69, 9.17) is 26.1 Å². The van der Waals surface area contributed by atoms with Crippen LogP contribution >= 0.6 is 0 Å². The number of hydrogen-bond donors (Lipinski definition) is 1. The summed E-state index contributed by atoms with van der Waals surface area (Å²) < 4.78 is 35.0. The lowest BCUT2D eigenvalue weighted by Gasteiger charge is -2.45. The molecule has 206 valence electrons. The van der Waals surface area contributed by atoms with E-state index in [2.05, 4.69) is 54.7 Å². The van der Waals surface area contributed by atoms with Crippen LogP contribution in [0.25, 0.3) is 11.2 Å². The third kappa shape index (κ3) is 4.40. The molecule has 0 aromatic carbocycles. The maximum atomic E-state index is 14.2. The Hall–Kier alpha value is -2.55. The van der Waals surface area contributed by atoms with Gasteiger partial charge in [-0.25, -0.2) is 4.98 Å². The minimum atomic E-state index is -2.22. The molecule has 2 bridgehead atoms. The summed E-state index contributed by atoms with van der Waals surface area (Å²) in [6.45, 7) is 10.9. The quantitative estimate of drug-likeness (QED) is 0.247. The molecule has 3 atom stereocenters.